The fourth-order valence-corrected chi connectivity index (χ4v) is 2.28. The number of rotatable bonds is 6. The van der Waals surface area contributed by atoms with E-state index in [-0.39, 0.29) is 17.9 Å². The van der Waals surface area contributed by atoms with E-state index in [4.69, 9.17) is 15.2 Å². The summed E-state index contributed by atoms with van der Waals surface area (Å²) in [7, 11) is 1.38. The summed E-state index contributed by atoms with van der Waals surface area (Å²) in [5.41, 5.74) is 7.25. The van der Waals surface area contributed by atoms with Crippen LogP contribution in [0.3, 0.4) is 0 Å². The second-order valence-electron chi connectivity index (χ2n) is 6.95. The van der Waals surface area contributed by atoms with Crippen LogP contribution in [0.1, 0.15) is 39.7 Å². The van der Waals surface area contributed by atoms with Crippen LogP contribution in [-0.2, 0) is 20.7 Å². The van der Waals surface area contributed by atoms with Crippen molar-refractivity contribution in [2.24, 2.45) is 11.7 Å². The third-order valence-electron chi connectivity index (χ3n) is 3.36. The van der Waals surface area contributed by atoms with Gasteiger partial charge < -0.3 is 15.2 Å². The highest BCUT2D eigenvalue weighted by Crippen LogP contribution is 2.15. The highest BCUT2D eigenvalue weighted by Gasteiger charge is 2.18. The van der Waals surface area contributed by atoms with E-state index in [0.717, 1.165) is 5.56 Å². The molecule has 0 aliphatic rings. The molecular weight excluding hydrogens is 308 g/mol. The average Bonchev–Trinajstić information content (AvgIpc) is 2.46. The van der Waals surface area contributed by atoms with E-state index in [9.17, 15) is 9.59 Å². The van der Waals surface area contributed by atoms with Crippen LogP contribution in [0, 0.1) is 5.92 Å². The number of hydrogen-bond acceptors (Lipinski definition) is 5. The van der Waals surface area contributed by atoms with Crippen molar-refractivity contribution < 1.29 is 19.1 Å². The summed E-state index contributed by atoms with van der Waals surface area (Å²) in [6, 6.07) is 7.26. The molecule has 1 aromatic rings. The lowest BCUT2D eigenvalue weighted by Gasteiger charge is -2.20. The molecule has 0 aliphatic heterocycles. The highest BCUT2D eigenvalue weighted by atomic mass is 16.6. The van der Waals surface area contributed by atoms with E-state index in [0.29, 0.717) is 18.5 Å². The highest BCUT2D eigenvalue weighted by molar-refractivity contribution is 5.84. The van der Waals surface area contributed by atoms with Crippen LogP contribution in [-0.4, -0.2) is 30.8 Å². The number of hydrogen-bond donors (Lipinski definition) is 2. The number of benzene rings is 1. The molecule has 0 aliphatic carbocycles. The Bertz CT molecular complexity index is 549. The van der Waals surface area contributed by atoms with Crippen molar-refractivity contribution in [1.82, 2.24) is 0 Å². The fourth-order valence-electron chi connectivity index (χ4n) is 2.28. The summed E-state index contributed by atoms with van der Waals surface area (Å²) < 4.78 is 9.90. The smallest absolute Gasteiger partial charge is 0.412 e. The average molecular weight is 336 g/mol. The van der Waals surface area contributed by atoms with Gasteiger partial charge in [0.25, 0.3) is 0 Å². The first kappa shape index (κ1) is 20.0. The number of amides is 1. The molecule has 0 spiro atoms. The Kier molecular flexibility index (Phi) is 7.22. The third kappa shape index (κ3) is 7.46. The van der Waals surface area contributed by atoms with Crippen molar-refractivity contribution in [3.63, 3.8) is 0 Å². The van der Waals surface area contributed by atoms with Gasteiger partial charge in [0, 0.05) is 11.7 Å². The Labute approximate surface area is 143 Å². The zero-order valence-electron chi connectivity index (χ0n) is 15.1. The lowest BCUT2D eigenvalue weighted by atomic mass is 9.97. The molecule has 0 saturated carbocycles. The SMILES string of the molecule is COC(=O)C(C)C[C@@H](N)Cc1ccc(NC(=O)OC(C)(C)C)cc1. The first-order chi connectivity index (χ1) is 11.1. The number of ether oxygens (including phenoxy) is 2. The van der Waals surface area contributed by atoms with E-state index in [1.165, 1.54) is 7.11 Å². The largest absolute Gasteiger partial charge is 0.469 e. The lowest BCUT2D eigenvalue weighted by molar-refractivity contribution is -0.145. The number of nitrogens with one attached hydrogen (secondary N) is 1. The molecule has 0 heterocycles. The molecule has 0 aromatic heterocycles. The maximum Gasteiger partial charge on any atom is 0.412 e. The Hall–Kier alpha value is -2.08. The quantitative estimate of drug-likeness (QED) is 0.779. The number of carbonyl (C=O) groups excluding carboxylic acids is 2. The predicted molar refractivity (Wildman–Crippen MR) is 93.8 cm³/mol. The van der Waals surface area contributed by atoms with E-state index in [1.54, 1.807) is 19.1 Å². The van der Waals surface area contributed by atoms with E-state index in [1.807, 2.05) is 32.9 Å². The molecule has 0 radical (unpaired) electrons. The number of methoxy groups -OCH3 is 1. The van der Waals surface area contributed by atoms with Gasteiger partial charge in [-0.3, -0.25) is 10.1 Å². The minimum Gasteiger partial charge on any atom is -0.469 e. The van der Waals surface area contributed by atoms with Gasteiger partial charge in [-0.05, 0) is 51.3 Å². The second-order valence-corrected chi connectivity index (χ2v) is 6.95. The van der Waals surface area contributed by atoms with E-state index >= 15 is 0 Å². The van der Waals surface area contributed by atoms with Gasteiger partial charge in [-0.1, -0.05) is 19.1 Å². The van der Waals surface area contributed by atoms with Crippen molar-refractivity contribution in [3.8, 4) is 0 Å². The molecule has 0 bridgehead atoms. The number of carbonyl (C=O) groups is 2. The van der Waals surface area contributed by atoms with Gasteiger partial charge in [0.05, 0.1) is 13.0 Å². The van der Waals surface area contributed by atoms with Gasteiger partial charge in [-0.15, -0.1) is 0 Å². The van der Waals surface area contributed by atoms with Crippen LogP contribution >= 0.6 is 0 Å². The molecule has 134 valence electrons. The van der Waals surface area contributed by atoms with Gasteiger partial charge in [-0.2, -0.15) is 0 Å². The van der Waals surface area contributed by atoms with Crippen molar-refractivity contribution in [1.29, 1.82) is 0 Å². The summed E-state index contributed by atoms with van der Waals surface area (Å²) in [5, 5.41) is 2.68. The topological polar surface area (TPSA) is 90.6 Å². The minimum atomic E-state index is -0.535. The van der Waals surface area contributed by atoms with E-state index in [2.05, 4.69) is 5.32 Å². The molecule has 2 atom stereocenters. The van der Waals surface area contributed by atoms with Crippen LogP contribution in [0.2, 0.25) is 0 Å². The van der Waals surface area contributed by atoms with Gasteiger partial charge in [0.15, 0.2) is 0 Å². The maximum atomic E-state index is 11.7. The Morgan fingerprint density at radius 2 is 1.79 bits per heavy atom. The first-order valence-electron chi connectivity index (χ1n) is 8.03. The summed E-state index contributed by atoms with van der Waals surface area (Å²) in [6.07, 6.45) is 0.720. The van der Waals surface area contributed by atoms with Crippen LogP contribution in [0.5, 0.6) is 0 Å². The van der Waals surface area contributed by atoms with Gasteiger partial charge in [0.2, 0.25) is 0 Å². The second kappa shape index (κ2) is 8.68. The molecule has 3 N–H and O–H groups in total. The summed E-state index contributed by atoms with van der Waals surface area (Å²) in [6.45, 7) is 7.24. The van der Waals surface area contributed by atoms with Crippen molar-refractivity contribution >= 4 is 17.7 Å². The standard InChI is InChI=1S/C18H28N2O4/c1-12(16(21)23-5)10-14(19)11-13-6-8-15(9-7-13)20-17(22)24-18(2,3)4/h6-9,12,14H,10-11,19H2,1-5H3,(H,20,22)/t12?,14-/m1/s1. The molecule has 1 unspecified atom stereocenters. The normalized spacial score (nSPS) is 13.8. The molecule has 6 heteroatoms. The minimum absolute atomic E-state index is 0.135. The predicted octanol–water partition coefficient (Wildman–Crippen LogP) is 3.10. The monoisotopic (exact) mass is 336 g/mol. The van der Waals surface area contributed by atoms with Crippen LogP contribution in [0.15, 0.2) is 24.3 Å². The molecule has 1 rings (SSSR count). The van der Waals surface area contributed by atoms with Gasteiger partial charge in [0.1, 0.15) is 5.60 Å². The zero-order chi connectivity index (χ0) is 18.3. The van der Waals surface area contributed by atoms with Crippen molar-refractivity contribution in [3.05, 3.63) is 29.8 Å². The maximum absolute atomic E-state index is 11.7. The Morgan fingerprint density at radius 1 is 1.21 bits per heavy atom. The molecule has 0 fully saturated rings. The van der Waals surface area contributed by atoms with Crippen LogP contribution in [0.25, 0.3) is 0 Å². The van der Waals surface area contributed by atoms with Gasteiger partial charge in [-0.25, -0.2) is 4.79 Å². The van der Waals surface area contributed by atoms with Crippen molar-refractivity contribution in [2.75, 3.05) is 12.4 Å². The molecule has 0 saturated heterocycles. The van der Waals surface area contributed by atoms with Crippen molar-refractivity contribution in [2.45, 2.75) is 52.2 Å². The first-order valence-corrected chi connectivity index (χ1v) is 8.03. The van der Waals surface area contributed by atoms with Crippen LogP contribution in [0.4, 0.5) is 10.5 Å². The molecule has 24 heavy (non-hydrogen) atoms. The summed E-state index contributed by atoms with van der Waals surface area (Å²) >= 11 is 0. The molecular formula is C18H28N2O4. The number of esters is 1. The fraction of sp³-hybridized carbons (Fsp3) is 0.556. The molecule has 6 nitrogen and oxygen atoms in total. The van der Waals surface area contributed by atoms with Gasteiger partial charge >= 0.3 is 12.1 Å². The Balaban J connectivity index is 2.52. The third-order valence-corrected chi connectivity index (χ3v) is 3.36. The molecule has 1 amide bonds. The Morgan fingerprint density at radius 3 is 2.29 bits per heavy atom. The summed E-state index contributed by atoms with van der Waals surface area (Å²) in [4.78, 5) is 23.1. The summed E-state index contributed by atoms with van der Waals surface area (Å²) in [5.74, 6) is -0.472. The van der Waals surface area contributed by atoms with E-state index < -0.39 is 11.7 Å². The number of nitrogens with two attached hydrogens (primary N) is 1. The zero-order valence-corrected chi connectivity index (χ0v) is 15.1. The molecule has 1 aromatic carbocycles. The number of anilines is 1. The lowest BCUT2D eigenvalue weighted by Crippen LogP contribution is -2.28. The van der Waals surface area contributed by atoms with Crippen LogP contribution < -0.4 is 11.1 Å².